The lowest BCUT2D eigenvalue weighted by Crippen LogP contribution is -2.63. The molecule has 0 radical (unpaired) electrons. The topological polar surface area (TPSA) is 40.6 Å². The van der Waals surface area contributed by atoms with Gasteiger partial charge < -0.3 is 4.90 Å². The molecule has 0 N–H and O–H groups in total. The fourth-order valence-corrected chi connectivity index (χ4v) is 3.35. The van der Waals surface area contributed by atoms with Gasteiger partial charge in [-0.25, -0.2) is 0 Å². The second-order valence-electron chi connectivity index (χ2n) is 5.66. The number of rotatable bonds is 2. The van der Waals surface area contributed by atoms with E-state index in [1.54, 1.807) is 9.80 Å². The van der Waals surface area contributed by atoms with Crippen LogP contribution in [0.25, 0.3) is 0 Å². The van der Waals surface area contributed by atoms with Gasteiger partial charge in [0, 0.05) is 12.2 Å². The van der Waals surface area contributed by atoms with Crippen molar-refractivity contribution in [1.82, 2.24) is 4.90 Å². The minimum atomic E-state index is -0.348. The molecular formula is C16H20N2O2. The van der Waals surface area contributed by atoms with Crippen molar-refractivity contribution in [3.63, 3.8) is 0 Å². The number of hydrogen-bond donors (Lipinski definition) is 0. The Bertz CT molecular complexity index is 555. The lowest BCUT2D eigenvalue weighted by atomic mass is 10.0. The van der Waals surface area contributed by atoms with E-state index in [2.05, 4.69) is 0 Å². The van der Waals surface area contributed by atoms with Crippen molar-refractivity contribution in [2.24, 2.45) is 0 Å². The number of amides is 2. The highest BCUT2D eigenvalue weighted by molar-refractivity contribution is 6.08. The van der Waals surface area contributed by atoms with Crippen molar-refractivity contribution in [1.29, 1.82) is 0 Å². The fourth-order valence-electron chi connectivity index (χ4n) is 3.35. The molecule has 20 heavy (non-hydrogen) atoms. The monoisotopic (exact) mass is 272 g/mol. The second kappa shape index (κ2) is 4.93. The van der Waals surface area contributed by atoms with Crippen molar-refractivity contribution < 1.29 is 9.59 Å². The van der Waals surface area contributed by atoms with Crippen LogP contribution in [0.3, 0.4) is 0 Å². The molecule has 2 aliphatic rings. The van der Waals surface area contributed by atoms with Crippen LogP contribution in [0.4, 0.5) is 5.69 Å². The maximum atomic E-state index is 12.8. The van der Waals surface area contributed by atoms with Gasteiger partial charge in [-0.05, 0) is 43.9 Å². The summed E-state index contributed by atoms with van der Waals surface area (Å²) in [6.45, 7) is 4.70. The standard InChI is InChI=1S/C16H20N2O2/c1-3-13-15(19)17-9-5-8-14(17)16(20)18(13)12-7-4-6-11(2)10-12/h4,6-7,10,13-14H,3,5,8-9H2,1-2H3. The number of fused-ring (bicyclic) bond motifs is 1. The number of hydrogen-bond acceptors (Lipinski definition) is 2. The number of carbonyl (C=O) groups is 2. The van der Waals surface area contributed by atoms with Crippen LogP contribution in [0.5, 0.6) is 0 Å². The largest absolute Gasteiger partial charge is 0.329 e. The number of anilines is 1. The van der Waals surface area contributed by atoms with E-state index in [1.165, 1.54) is 0 Å². The summed E-state index contributed by atoms with van der Waals surface area (Å²) in [6.07, 6.45) is 2.38. The van der Waals surface area contributed by atoms with Crippen LogP contribution in [-0.2, 0) is 9.59 Å². The van der Waals surface area contributed by atoms with Gasteiger partial charge in [0.25, 0.3) is 5.91 Å². The Morgan fingerprint density at radius 2 is 2.05 bits per heavy atom. The molecule has 4 heteroatoms. The molecular weight excluding hydrogens is 252 g/mol. The number of piperazine rings is 1. The normalized spacial score (nSPS) is 26.1. The SMILES string of the molecule is CCC1C(=O)N2CCCC2C(=O)N1c1cccc(C)c1. The molecule has 2 aliphatic heterocycles. The van der Waals surface area contributed by atoms with E-state index in [9.17, 15) is 9.59 Å². The van der Waals surface area contributed by atoms with Crippen molar-refractivity contribution in [2.45, 2.75) is 45.2 Å². The molecule has 2 amide bonds. The Hall–Kier alpha value is -1.84. The summed E-state index contributed by atoms with van der Waals surface area (Å²) >= 11 is 0. The molecule has 2 atom stereocenters. The van der Waals surface area contributed by atoms with Crippen LogP contribution in [-0.4, -0.2) is 35.3 Å². The minimum Gasteiger partial charge on any atom is -0.329 e. The highest BCUT2D eigenvalue weighted by atomic mass is 16.2. The van der Waals surface area contributed by atoms with Gasteiger partial charge in [0.05, 0.1) is 0 Å². The van der Waals surface area contributed by atoms with Gasteiger partial charge >= 0.3 is 0 Å². The average Bonchev–Trinajstić information content (AvgIpc) is 2.92. The zero-order valence-electron chi connectivity index (χ0n) is 12.0. The van der Waals surface area contributed by atoms with E-state index < -0.39 is 0 Å². The molecule has 2 saturated heterocycles. The van der Waals surface area contributed by atoms with Gasteiger partial charge in [0.1, 0.15) is 12.1 Å². The summed E-state index contributed by atoms with van der Waals surface area (Å²) in [5.41, 5.74) is 1.95. The lowest BCUT2D eigenvalue weighted by molar-refractivity contribution is -0.144. The van der Waals surface area contributed by atoms with E-state index in [-0.39, 0.29) is 23.9 Å². The molecule has 2 fully saturated rings. The van der Waals surface area contributed by atoms with E-state index in [1.807, 2.05) is 38.1 Å². The fraction of sp³-hybridized carbons (Fsp3) is 0.500. The van der Waals surface area contributed by atoms with Gasteiger partial charge in [-0.1, -0.05) is 19.1 Å². The molecule has 0 aliphatic carbocycles. The predicted molar refractivity (Wildman–Crippen MR) is 77.5 cm³/mol. The van der Waals surface area contributed by atoms with Crippen molar-refractivity contribution >= 4 is 17.5 Å². The molecule has 3 rings (SSSR count). The zero-order chi connectivity index (χ0) is 14.3. The number of nitrogens with zero attached hydrogens (tertiary/aromatic N) is 2. The molecule has 0 aromatic heterocycles. The highest BCUT2D eigenvalue weighted by Crippen LogP contribution is 2.32. The van der Waals surface area contributed by atoms with E-state index in [0.29, 0.717) is 6.42 Å². The van der Waals surface area contributed by atoms with E-state index in [0.717, 1.165) is 30.6 Å². The molecule has 0 saturated carbocycles. The highest BCUT2D eigenvalue weighted by Gasteiger charge is 2.47. The van der Waals surface area contributed by atoms with Gasteiger partial charge in [0.15, 0.2) is 0 Å². The quantitative estimate of drug-likeness (QED) is 0.827. The Morgan fingerprint density at radius 3 is 2.75 bits per heavy atom. The number of carbonyl (C=O) groups excluding carboxylic acids is 2. The summed E-state index contributed by atoms with van der Waals surface area (Å²) < 4.78 is 0. The Labute approximate surface area is 119 Å². The maximum absolute atomic E-state index is 12.8. The second-order valence-corrected chi connectivity index (χ2v) is 5.66. The summed E-state index contributed by atoms with van der Waals surface area (Å²) in [5.74, 6) is 0.190. The van der Waals surface area contributed by atoms with Crippen molar-refractivity contribution in [3.8, 4) is 0 Å². The van der Waals surface area contributed by atoms with Crippen LogP contribution >= 0.6 is 0 Å². The average molecular weight is 272 g/mol. The molecule has 106 valence electrons. The Kier molecular flexibility index (Phi) is 3.24. The van der Waals surface area contributed by atoms with Crippen LogP contribution in [0.15, 0.2) is 24.3 Å². The van der Waals surface area contributed by atoms with Crippen molar-refractivity contribution in [3.05, 3.63) is 29.8 Å². The van der Waals surface area contributed by atoms with Gasteiger partial charge in [-0.15, -0.1) is 0 Å². The van der Waals surface area contributed by atoms with Crippen LogP contribution < -0.4 is 4.90 Å². The lowest BCUT2D eigenvalue weighted by Gasteiger charge is -2.42. The third-order valence-electron chi connectivity index (χ3n) is 4.32. The first-order valence-electron chi connectivity index (χ1n) is 7.33. The summed E-state index contributed by atoms with van der Waals surface area (Å²) in [5, 5.41) is 0. The number of aryl methyl sites for hydroxylation is 1. The van der Waals surface area contributed by atoms with Gasteiger partial charge in [0.2, 0.25) is 5.91 Å². The number of benzene rings is 1. The first-order chi connectivity index (χ1) is 9.63. The first kappa shape index (κ1) is 13.2. The third-order valence-corrected chi connectivity index (χ3v) is 4.32. The third kappa shape index (κ3) is 1.90. The smallest absolute Gasteiger partial charge is 0.250 e. The molecule has 0 spiro atoms. The molecule has 0 bridgehead atoms. The van der Waals surface area contributed by atoms with Crippen molar-refractivity contribution in [2.75, 3.05) is 11.4 Å². The van der Waals surface area contributed by atoms with Crippen LogP contribution in [0.1, 0.15) is 31.7 Å². The molecule has 4 nitrogen and oxygen atoms in total. The first-order valence-corrected chi connectivity index (χ1v) is 7.33. The Morgan fingerprint density at radius 1 is 1.25 bits per heavy atom. The molecule has 1 aromatic rings. The van der Waals surface area contributed by atoms with Gasteiger partial charge in [-0.2, -0.15) is 0 Å². The predicted octanol–water partition coefficient (Wildman–Crippen LogP) is 2.11. The summed E-state index contributed by atoms with van der Waals surface area (Å²) in [6, 6.07) is 7.26. The maximum Gasteiger partial charge on any atom is 0.250 e. The van der Waals surface area contributed by atoms with Crippen LogP contribution in [0.2, 0.25) is 0 Å². The Balaban J connectivity index is 2.03. The molecule has 2 heterocycles. The van der Waals surface area contributed by atoms with Gasteiger partial charge in [-0.3, -0.25) is 14.5 Å². The minimum absolute atomic E-state index is 0.0829. The summed E-state index contributed by atoms with van der Waals surface area (Å²) in [4.78, 5) is 28.9. The van der Waals surface area contributed by atoms with Crippen LogP contribution in [0, 0.1) is 6.92 Å². The zero-order valence-corrected chi connectivity index (χ0v) is 12.0. The van der Waals surface area contributed by atoms with E-state index in [4.69, 9.17) is 0 Å². The summed E-state index contributed by atoms with van der Waals surface area (Å²) in [7, 11) is 0. The molecule has 2 unspecified atom stereocenters. The van der Waals surface area contributed by atoms with E-state index >= 15 is 0 Å². The molecule has 1 aromatic carbocycles.